The maximum absolute atomic E-state index is 12.5. The lowest BCUT2D eigenvalue weighted by Crippen LogP contribution is -2.37. The zero-order valence-corrected chi connectivity index (χ0v) is 15.2. The van der Waals surface area contributed by atoms with Gasteiger partial charge in [-0.3, -0.25) is 19.7 Å². The number of anilines is 1. The fourth-order valence-electron chi connectivity index (χ4n) is 4.14. The number of aliphatic carboxylic acids is 1. The van der Waals surface area contributed by atoms with E-state index in [0.717, 1.165) is 45.2 Å². The molecule has 2 aliphatic rings. The number of benzene rings is 1. The van der Waals surface area contributed by atoms with Gasteiger partial charge in [0.2, 0.25) is 0 Å². The van der Waals surface area contributed by atoms with Crippen LogP contribution >= 0.6 is 0 Å². The van der Waals surface area contributed by atoms with E-state index in [1.54, 1.807) is 12.1 Å². The molecule has 1 saturated carbocycles. The molecular formula is C19H25N3O5. The molecule has 1 heterocycles. The highest BCUT2D eigenvalue weighted by molar-refractivity contribution is 5.95. The Hall–Kier alpha value is -2.64. The molecule has 2 fully saturated rings. The summed E-state index contributed by atoms with van der Waals surface area (Å²) in [6.45, 7) is 1.84. The smallest absolute Gasteiger partial charge is 0.306 e. The Morgan fingerprint density at radius 2 is 1.89 bits per heavy atom. The molecule has 2 atom stereocenters. The van der Waals surface area contributed by atoms with E-state index < -0.39 is 22.7 Å². The molecule has 0 radical (unpaired) electrons. The fraction of sp³-hybridized carbons (Fsp3) is 0.579. The molecule has 8 heteroatoms. The van der Waals surface area contributed by atoms with Gasteiger partial charge in [0, 0.05) is 31.3 Å². The number of carboxylic acids is 1. The van der Waals surface area contributed by atoms with Gasteiger partial charge >= 0.3 is 5.97 Å². The first-order chi connectivity index (χ1) is 13.0. The minimum atomic E-state index is -0.820. The van der Waals surface area contributed by atoms with Crippen molar-refractivity contribution in [2.24, 2.45) is 11.8 Å². The molecule has 146 valence electrons. The van der Waals surface area contributed by atoms with E-state index in [-0.39, 0.29) is 23.7 Å². The van der Waals surface area contributed by atoms with Crippen LogP contribution in [0, 0.1) is 22.0 Å². The Labute approximate surface area is 157 Å². The number of carbonyl (C=O) groups is 2. The molecule has 0 spiro atoms. The number of carbonyl (C=O) groups excluding carboxylic acids is 1. The summed E-state index contributed by atoms with van der Waals surface area (Å²) in [6.07, 6.45) is 5.26. The van der Waals surface area contributed by atoms with Gasteiger partial charge in [-0.2, -0.15) is 0 Å². The summed E-state index contributed by atoms with van der Waals surface area (Å²) in [5.74, 6) is -1.76. The molecular weight excluding hydrogens is 350 g/mol. The minimum Gasteiger partial charge on any atom is -0.481 e. The average molecular weight is 375 g/mol. The topological polar surface area (TPSA) is 113 Å². The third-order valence-electron chi connectivity index (χ3n) is 5.63. The van der Waals surface area contributed by atoms with Crippen molar-refractivity contribution in [2.75, 3.05) is 24.5 Å². The van der Waals surface area contributed by atoms with Gasteiger partial charge in [0.05, 0.1) is 10.8 Å². The van der Waals surface area contributed by atoms with E-state index >= 15 is 0 Å². The van der Waals surface area contributed by atoms with Crippen molar-refractivity contribution in [1.29, 1.82) is 0 Å². The molecule has 27 heavy (non-hydrogen) atoms. The second kappa shape index (κ2) is 8.37. The SMILES string of the molecule is O=C(NC[C@@H]1CCCC[C@@H]1C(=O)O)c1ccc(N2CCCC2)c([N+](=O)[O-])c1. The van der Waals surface area contributed by atoms with Crippen LogP contribution in [0.2, 0.25) is 0 Å². The van der Waals surface area contributed by atoms with Gasteiger partial charge in [0.1, 0.15) is 5.69 Å². The Balaban J connectivity index is 1.70. The number of nitro groups is 1. The Kier molecular flexibility index (Phi) is 5.93. The van der Waals surface area contributed by atoms with Crippen molar-refractivity contribution < 1.29 is 19.6 Å². The third kappa shape index (κ3) is 4.37. The molecule has 1 amide bonds. The normalized spacial score (nSPS) is 22.4. The van der Waals surface area contributed by atoms with E-state index in [2.05, 4.69) is 5.32 Å². The molecule has 1 saturated heterocycles. The van der Waals surface area contributed by atoms with E-state index in [9.17, 15) is 24.8 Å². The molecule has 0 aromatic heterocycles. The Morgan fingerprint density at radius 1 is 1.19 bits per heavy atom. The van der Waals surface area contributed by atoms with Crippen LogP contribution in [0.5, 0.6) is 0 Å². The van der Waals surface area contributed by atoms with Gasteiger partial charge in [0.15, 0.2) is 0 Å². The number of amides is 1. The summed E-state index contributed by atoms with van der Waals surface area (Å²) in [7, 11) is 0. The van der Waals surface area contributed by atoms with Crippen LogP contribution in [0.1, 0.15) is 48.9 Å². The summed E-state index contributed by atoms with van der Waals surface area (Å²) >= 11 is 0. The third-order valence-corrected chi connectivity index (χ3v) is 5.63. The van der Waals surface area contributed by atoms with Gasteiger partial charge in [-0.05, 0) is 43.7 Å². The number of hydrogen-bond acceptors (Lipinski definition) is 5. The number of nitrogens with one attached hydrogen (secondary N) is 1. The Morgan fingerprint density at radius 3 is 2.56 bits per heavy atom. The number of carboxylic acid groups (broad SMARTS) is 1. The van der Waals surface area contributed by atoms with Gasteiger partial charge < -0.3 is 15.3 Å². The molecule has 0 bridgehead atoms. The van der Waals surface area contributed by atoms with Crippen molar-refractivity contribution in [2.45, 2.75) is 38.5 Å². The summed E-state index contributed by atoms with van der Waals surface area (Å²) < 4.78 is 0. The number of hydrogen-bond donors (Lipinski definition) is 2. The van der Waals surface area contributed by atoms with Crippen molar-refractivity contribution in [3.8, 4) is 0 Å². The second-order valence-electron chi connectivity index (χ2n) is 7.35. The Bertz CT molecular complexity index is 730. The van der Waals surface area contributed by atoms with Crippen molar-refractivity contribution >= 4 is 23.3 Å². The van der Waals surface area contributed by atoms with Crippen LogP contribution in [-0.4, -0.2) is 41.5 Å². The summed E-state index contributed by atoms with van der Waals surface area (Å²) in [6, 6.07) is 4.56. The predicted molar refractivity (Wildman–Crippen MR) is 100.0 cm³/mol. The van der Waals surface area contributed by atoms with Crippen molar-refractivity contribution in [1.82, 2.24) is 5.32 Å². The second-order valence-corrected chi connectivity index (χ2v) is 7.35. The molecule has 2 N–H and O–H groups in total. The molecule has 8 nitrogen and oxygen atoms in total. The standard InChI is InChI=1S/C19H25N3O5/c23-18(20-12-14-5-1-2-6-15(14)19(24)25)13-7-8-16(17(11-13)22(26)27)21-9-3-4-10-21/h7-8,11,14-15H,1-6,9-10,12H2,(H,20,23)(H,24,25)/t14-,15-/m0/s1. The lowest BCUT2D eigenvalue weighted by Gasteiger charge is -2.28. The molecule has 1 aromatic carbocycles. The number of rotatable bonds is 6. The first kappa shape index (κ1) is 19.1. The molecule has 0 unspecified atom stereocenters. The highest BCUT2D eigenvalue weighted by atomic mass is 16.6. The molecule has 1 aliphatic heterocycles. The molecule has 1 aromatic rings. The van der Waals surface area contributed by atoms with Gasteiger partial charge in [-0.1, -0.05) is 12.8 Å². The van der Waals surface area contributed by atoms with E-state index in [1.807, 2.05) is 4.90 Å². The predicted octanol–water partition coefficient (Wildman–Crippen LogP) is 2.82. The van der Waals surface area contributed by atoms with E-state index in [4.69, 9.17) is 0 Å². The summed E-state index contributed by atoms with van der Waals surface area (Å²) in [5.41, 5.74) is 0.713. The first-order valence-corrected chi connectivity index (χ1v) is 9.52. The lowest BCUT2D eigenvalue weighted by atomic mass is 9.79. The van der Waals surface area contributed by atoms with Crippen molar-refractivity contribution in [3.05, 3.63) is 33.9 Å². The minimum absolute atomic E-state index is 0.0642. The van der Waals surface area contributed by atoms with Crippen LogP contribution < -0.4 is 10.2 Å². The average Bonchev–Trinajstić information content (AvgIpc) is 3.20. The summed E-state index contributed by atoms with van der Waals surface area (Å²) in [5, 5.41) is 23.6. The molecule has 3 rings (SSSR count). The maximum Gasteiger partial charge on any atom is 0.306 e. The van der Waals surface area contributed by atoms with Crippen LogP contribution in [-0.2, 0) is 4.79 Å². The van der Waals surface area contributed by atoms with E-state index in [0.29, 0.717) is 12.1 Å². The fourth-order valence-corrected chi connectivity index (χ4v) is 4.14. The van der Waals surface area contributed by atoms with Gasteiger partial charge in [-0.25, -0.2) is 0 Å². The van der Waals surface area contributed by atoms with Gasteiger partial charge in [0.25, 0.3) is 11.6 Å². The monoisotopic (exact) mass is 375 g/mol. The first-order valence-electron chi connectivity index (χ1n) is 9.52. The largest absolute Gasteiger partial charge is 0.481 e. The van der Waals surface area contributed by atoms with Crippen LogP contribution in [0.25, 0.3) is 0 Å². The molecule has 1 aliphatic carbocycles. The maximum atomic E-state index is 12.5. The van der Waals surface area contributed by atoms with Gasteiger partial charge in [-0.15, -0.1) is 0 Å². The quantitative estimate of drug-likeness (QED) is 0.584. The highest BCUT2D eigenvalue weighted by Gasteiger charge is 2.31. The lowest BCUT2D eigenvalue weighted by molar-refractivity contribution is -0.384. The highest BCUT2D eigenvalue weighted by Crippen LogP contribution is 2.32. The zero-order valence-electron chi connectivity index (χ0n) is 15.2. The number of nitro benzene ring substituents is 1. The van der Waals surface area contributed by atoms with Crippen LogP contribution in [0.15, 0.2) is 18.2 Å². The zero-order chi connectivity index (χ0) is 19.4. The van der Waals surface area contributed by atoms with Crippen molar-refractivity contribution in [3.63, 3.8) is 0 Å². The summed E-state index contributed by atoms with van der Waals surface area (Å²) in [4.78, 5) is 36.8. The van der Waals surface area contributed by atoms with Crippen LogP contribution in [0.3, 0.4) is 0 Å². The van der Waals surface area contributed by atoms with Crippen LogP contribution in [0.4, 0.5) is 11.4 Å². The number of nitrogens with zero attached hydrogens (tertiary/aromatic N) is 2. The van der Waals surface area contributed by atoms with E-state index in [1.165, 1.54) is 6.07 Å².